The summed E-state index contributed by atoms with van der Waals surface area (Å²) in [4.78, 5) is 26.8. The van der Waals surface area contributed by atoms with Crippen LogP contribution in [0.2, 0.25) is 0 Å². The Morgan fingerprint density at radius 1 is 1.09 bits per heavy atom. The van der Waals surface area contributed by atoms with Crippen molar-refractivity contribution in [2.24, 2.45) is 0 Å². The Bertz CT molecular complexity index is 920. The number of aromatic amines is 1. The van der Waals surface area contributed by atoms with Gasteiger partial charge in [0.05, 0.1) is 11.1 Å². The van der Waals surface area contributed by atoms with Crippen LogP contribution in [0.5, 0.6) is 0 Å². The van der Waals surface area contributed by atoms with Gasteiger partial charge >= 0.3 is 0 Å². The average molecular weight is 361 g/mol. The van der Waals surface area contributed by atoms with Gasteiger partial charge in [-0.25, -0.2) is 4.39 Å². The van der Waals surface area contributed by atoms with Gasteiger partial charge in [0.2, 0.25) is 5.56 Å². The number of carbonyl (C=O) groups excluding carboxylic acids is 1. The quantitative estimate of drug-likeness (QED) is 0.732. The highest BCUT2D eigenvalue weighted by molar-refractivity contribution is 9.10. The normalized spacial score (nSPS) is 10.6. The number of H-pyrrole nitrogens is 1. The van der Waals surface area contributed by atoms with Crippen LogP contribution in [0.25, 0.3) is 10.9 Å². The fraction of sp³-hybridized carbons (Fsp3) is 0. The first-order valence-electron chi connectivity index (χ1n) is 6.42. The van der Waals surface area contributed by atoms with Crippen LogP contribution in [0, 0.1) is 5.82 Å². The average Bonchev–Trinajstić information content (AvgIpc) is 2.48. The first-order chi connectivity index (χ1) is 10.5. The molecule has 0 saturated carbocycles. The number of fused-ring (bicyclic) bond motifs is 1. The highest BCUT2D eigenvalue weighted by Crippen LogP contribution is 2.21. The number of carbonyl (C=O) groups is 1. The lowest BCUT2D eigenvalue weighted by atomic mass is 10.1. The van der Waals surface area contributed by atoms with Crippen LogP contribution < -0.4 is 10.9 Å². The van der Waals surface area contributed by atoms with Gasteiger partial charge in [-0.05, 0) is 36.4 Å². The van der Waals surface area contributed by atoms with Gasteiger partial charge in [-0.15, -0.1) is 0 Å². The van der Waals surface area contributed by atoms with Crippen molar-refractivity contribution in [3.05, 3.63) is 74.7 Å². The number of benzene rings is 2. The number of aromatic nitrogens is 1. The number of pyridine rings is 1. The van der Waals surface area contributed by atoms with Gasteiger partial charge in [0.25, 0.3) is 5.91 Å². The molecule has 3 aromatic rings. The summed E-state index contributed by atoms with van der Waals surface area (Å²) in [6, 6.07) is 11.9. The van der Waals surface area contributed by atoms with Crippen LogP contribution in [0.4, 0.5) is 10.1 Å². The molecule has 110 valence electrons. The number of halogens is 2. The fourth-order valence-electron chi connectivity index (χ4n) is 2.15. The number of hydrogen-bond donors (Lipinski definition) is 2. The summed E-state index contributed by atoms with van der Waals surface area (Å²) in [5.41, 5.74) is 0.911. The van der Waals surface area contributed by atoms with Crippen molar-refractivity contribution in [3.63, 3.8) is 0 Å². The number of amides is 1. The Labute approximate surface area is 133 Å². The molecule has 0 unspecified atom stereocenters. The molecule has 0 saturated heterocycles. The summed E-state index contributed by atoms with van der Waals surface area (Å²) in [7, 11) is 0. The number of nitrogens with one attached hydrogen (secondary N) is 2. The molecular weight excluding hydrogens is 351 g/mol. The Hall–Kier alpha value is -2.47. The van der Waals surface area contributed by atoms with E-state index in [1.807, 2.05) is 0 Å². The zero-order valence-electron chi connectivity index (χ0n) is 11.2. The molecule has 2 N–H and O–H groups in total. The molecule has 22 heavy (non-hydrogen) atoms. The number of anilines is 1. The van der Waals surface area contributed by atoms with E-state index >= 15 is 0 Å². The lowest BCUT2D eigenvalue weighted by molar-refractivity contribution is 0.102. The minimum atomic E-state index is -0.426. The van der Waals surface area contributed by atoms with Gasteiger partial charge in [0, 0.05) is 21.6 Å². The molecule has 0 aliphatic carbocycles. The van der Waals surface area contributed by atoms with Crippen LogP contribution in [0.1, 0.15) is 10.4 Å². The molecule has 0 atom stereocenters. The second-order valence-electron chi connectivity index (χ2n) is 4.70. The molecule has 0 radical (unpaired) electrons. The smallest absolute Gasteiger partial charge is 0.256 e. The van der Waals surface area contributed by atoms with Crippen molar-refractivity contribution in [2.75, 3.05) is 5.32 Å². The standard InChI is InChI=1S/C16H10BrFN2O2/c17-9-1-6-12-13(8-15(21)20-14(12)7-9)16(22)19-11-4-2-10(18)3-5-11/h1-8H,(H,19,22)(H,20,21). The summed E-state index contributed by atoms with van der Waals surface area (Å²) >= 11 is 3.32. The predicted octanol–water partition coefficient (Wildman–Crippen LogP) is 3.68. The summed E-state index contributed by atoms with van der Waals surface area (Å²) < 4.78 is 13.7. The van der Waals surface area contributed by atoms with Crippen LogP contribution in [-0.2, 0) is 0 Å². The van der Waals surface area contributed by atoms with E-state index in [1.54, 1.807) is 18.2 Å². The minimum Gasteiger partial charge on any atom is -0.322 e. The molecule has 0 aliphatic rings. The molecular formula is C16H10BrFN2O2. The summed E-state index contributed by atoms with van der Waals surface area (Å²) in [5, 5.41) is 3.28. The molecule has 4 nitrogen and oxygen atoms in total. The van der Waals surface area contributed by atoms with Gasteiger partial charge in [-0.2, -0.15) is 0 Å². The minimum absolute atomic E-state index is 0.260. The molecule has 2 aromatic carbocycles. The lowest BCUT2D eigenvalue weighted by Crippen LogP contribution is -2.16. The Kier molecular flexibility index (Phi) is 3.77. The highest BCUT2D eigenvalue weighted by atomic mass is 79.9. The predicted molar refractivity (Wildman–Crippen MR) is 86.6 cm³/mol. The fourth-order valence-corrected chi connectivity index (χ4v) is 2.51. The van der Waals surface area contributed by atoms with E-state index in [-0.39, 0.29) is 16.9 Å². The van der Waals surface area contributed by atoms with E-state index < -0.39 is 5.91 Å². The maximum atomic E-state index is 12.9. The maximum absolute atomic E-state index is 12.9. The van der Waals surface area contributed by atoms with E-state index in [4.69, 9.17) is 0 Å². The third kappa shape index (κ3) is 2.92. The molecule has 1 heterocycles. The molecule has 0 bridgehead atoms. The van der Waals surface area contributed by atoms with Gasteiger partial charge < -0.3 is 10.3 Å². The molecule has 3 rings (SSSR count). The van der Waals surface area contributed by atoms with Gasteiger partial charge in [-0.3, -0.25) is 9.59 Å². The van der Waals surface area contributed by atoms with Gasteiger partial charge in [0.1, 0.15) is 5.82 Å². The van der Waals surface area contributed by atoms with Crippen molar-refractivity contribution < 1.29 is 9.18 Å². The SMILES string of the molecule is O=C(Nc1ccc(F)cc1)c1cc(=O)[nH]c2cc(Br)ccc12. The van der Waals surface area contributed by atoms with Crippen LogP contribution in [0.3, 0.4) is 0 Å². The van der Waals surface area contributed by atoms with Gasteiger partial charge in [-0.1, -0.05) is 22.0 Å². The number of rotatable bonds is 2. The van der Waals surface area contributed by atoms with Crippen molar-refractivity contribution in [1.29, 1.82) is 0 Å². The van der Waals surface area contributed by atoms with Crippen LogP contribution in [-0.4, -0.2) is 10.9 Å². The summed E-state index contributed by atoms with van der Waals surface area (Å²) in [5.74, 6) is -0.811. The lowest BCUT2D eigenvalue weighted by Gasteiger charge is -2.08. The Morgan fingerprint density at radius 2 is 1.82 bits per heavy atom. The first-order valence-corrected chi connectivity index (χ1v) is 7.22. The van der Waals surface area contributed by atoms with E-state index in [0.29, 0.717) is 16.6 Å². The van der Waals surface area contributed by atoms with Crippen molar-refractivity contribution in [2.45, 2.75) is 0 Å². The summed E-state index contributed by atoms with van der Waals surface area (Å²) in [6.45, 7) is 0. The van der Waals surface area contributed by atoms with E-state index in [9.17, 15) is 14.0 Å². The Morgan fingerprint density at radius 3 is 2.55 bits per heavy atom. The molecule has 6 heteroatoms. The third-order valence-corrected chi connectivity index (χ3v) is 3.65. The van der Waals surface area contributed by atoms with Crippen LogP contribution in [0.15, 0.2) is 57.8 Å². The van der Waals surface area contributed by atoms with Crippen molar-refractivity contribution in [3.8, 4) is 0 Å². The number of hydrogen-bond acceptors (Lipinski definition) is 2. The molecule has 0 spiro atoms. The molecule has 0 aliphatic heterocycles. The third-order valence-electron chi connectivity index (χ3n) is 3.15. The molecule has 0 fully saturated rings. The Balaban J connectivity index is 2.03. The van der Waals surface area contributed by atoms with Crippen LogP contribution >= 0.6 is 15.9 Å². The largest absolute Gasteiger partial charge is 0.322 e. The topological polar surface area (TPSA) is 62.0 Å². The second-order valence-corrected chi connectivity index (χ2v) is 5.61. The van der Waals surface area contributed by atoms with E-state index in [0.717, 1.165) is 4.47 Å². The van der Waals surface area contributed by atoms with Crippen molar-refractivity contribution in [1.82, 2.24) is 4.98 Å². The second kappa shape index (κ2) is 5.73. The van der Waals surface area contributed by atoms with E-state index in [2.05, 4.69) is 26.2 Å². The molecule has 1 amide bonds. The zero-order valence-corrected chi connectivity index (χ0v) is 12.8. The van der Waals surface area contributed by atoms with Gasteiger partial charge in [0.15, 0.2) is 0 Å². The highest BCUT2D eigenvalue weighted by Gasteiger charge is 2.12. The summed E-state index contributed by atoms with van der Waals surface area (Å²) in [6.07, 6.45) is 0. The molecule has 1 aromatic heterocycles. The van der Waals surface area contributed by atoms with E-state index in [1.165, 1.54) is 30.3 Å². The zero-order chi connectivity index (χ0) is 15.7. The maximum Gasteiger partial charge on any atom is 0.256 e. The van der Waals surface area contributed by atoms with Crippen molar-refractivity contribution >= 4 is 38.4 Å². The first kappa shape index (κ1) is 14.5. The monoisotopic (exact) mass is 360 g/mol.